The van der Waals surface area contributed by atoms with Gasteiger partial charge in [-0.2, -0.15) is 0 Å². The van der Waals surface area contributed by atoms with Crippen molar-refractivity contribution in [3.63, 3.8) is 0 Å². The van der Waals surface area contributed by atoms with Crippen LogP contribution in [0.3, 0.4) is 0 Å². The van der Waals surface area contributed by atoms with Crippen molar-refractivity contribution in [3.8, 4) is 0 Å². The van der Waals surface area contributed by atoms with Crippen LogP contribution in [-0.2, 0) is 17.7 Å². The van der Waals surface area contributed by atoms with Gasteiger partial charge in [0.2, 0.25) is 0 Å². The maximum atomic E-state index is 6.04. The number of rotatable bonds is 4. The number of hydrogen-bond donors (Lipinski definition) is 0. The number of halogens is 2. The highest BCUT2D eigenvalue weighted by Gasteiger charge is 2.22. The molecule has 1 rings (SSSR count). The summed E-state index contributed by atoms with van der Waals surface area (Å²) in [6, 6.07) is 4.49. The van der Waals surface area contributed by atoms with Crippen molar-refractivity contribution in [2.45, 2.75) is 51.8 Å². The zero-order valence-corrected chi connectivity index (χ0v) is 12.9. The zero-order chi connectivity index (χ0) is 12.3. The number of aryl methyl sites for hydroxylation is 1. The molecular weight excluding hydrogens is 284 g/mol. The second kappa shape index (κ2) is 5.55. The van der Waals surface area contributed by atoms with Gasteiger partial charge >= 0.3 is 0 Å². The van der Waals surface area contributed by atoms with Crippen molar-refractivity contribution >= 4 is 27.5 Å². The molecule has 0 heterocycles. The molecule has 2 heteroatoms. The molecule has 0 bridgehead atoms. The van der Waals surface area contributed by atoms with Gasteiger partial charge in [0.1, 0.15) is 0 Å². The fraction of sp³-hybridized carbons (Fsp3) is 0.571. The molecule has 1 aromatic rings. The molecule has 0 radical (unpaired) electrons. The summed E-state index contributed by atoms with van der Waals surface area (Å²) in [6.07, 6.45) is 2.18. The normalized spacial score (nSPS) is 11.9. The van der Waals surface area contributed by atoms with E-state index >= 15 is 0 Å². The third-order valence-corrected chi connectivity index (χ3v) is 4.44. The second-order valence-electron chi connectivity index (χ2n) is 4.83. The van der Waals surface area contributed by atoms with Gasteiger partial charge in [-0.05, 0) is 41.0 Å². The van der Waals surface area contributed by atoms with Gasteiger partial charge in [-0.3, -0.25) is 0 Å². The lowest BCUT2D eigenvalue weighted by Gasteiger charge is -2.27. The summed E-state index contributed by atoms with van der Waals surface area (Å²) >= 11 is 9.65. The average molecular weight is 304 g/mol. The Morgan fingerprint density at radius 2 is 1.81 bits per heavy atom. The minimum Gasteiger partial charge on any atom is -0.122 e. The molecule has 16 heavy (non-hydrogen) atoms. The highest BCUT2D eigenvalue weighted by Crippen LogP contribution is 2.34. The van der Waals surface area contributed by atoms with Crippen LogP contribution in [0.1, 0.15) is 50.8 Å². The van der Waals surface area contributed by atoms with Crippen molar-refractivity contribution in [1.82, 2.24) is 0 Å². The Labute approximate surface area is 113 Å². The first kappa shape index (κ1) is 14.1. The largest absolute Gasteiger partial charge is 0.122 e. The topological polar surface area (TPSA) is 0 Å². The first-order valence-electron chi connectivity index (χ1n) is 5.84. The van der Waals surface area contributed by atoms with Gasteiger partial charge in [0.15, 0.2) is 0 Å². The SMILES string of the molecule is CCc1cc(C(C)(C)CC)c(CCl)cc1Br. The number of benzene rings is 1. The summed E-state index contributed by atoms with van der Waals surface area (Å²) in [4.78, 5) is 0. The molecule has 90 valence electrons. The van der Waals surface area contributed by atoms with Crippen molar-refractivity contribution in [2.24, 2.45) is 0 Å². The molecule has 0 aliphatic carbocycles. The lowest BCUT2D eigenvalue weighted by molar-refractivity contribution is 0.502. The molecule has 0 saturated carbocycles. The van der Waals surface area contributed by atoms with E-state index in [0.717, 1.165) is 12.8 Å². The van der Waals surface area contributed by atoms with Gasteiger partial charge in [-0.15, -0.1) is 11.6 Å². The summed E-state index contributed by atoms with van der Waals surface area (Å²) in [6.45, 7) is 8.98. The summed E-state index contributed by atoms with van der Waals surface area (Å²) in [7, 11) is 0. The van der Waals surface area contributed by atoms with Gasteiger partial charge in [-0.1, -0.05) is 49.7 Å². The molecule has 0 saturated heterocycles. The van der Waals surface area contributed by atoms with Crippen LogP contribution in [0.25, 0.3) is 0 Å². The summed E-state index contributed by atoms with van der Waals surface area (Å²) in [5.74, 6) is 0.585. The molecule has 0 atom stereocenters. The number of alkyl halides is 1. The van der Waals surface area contributed by atoms with E-state index in [9.17, 15) is 0 Å². The predicted octanol–water partition coefficient (Wildman–Crippen LogP) is 5.44. The summed E-state index contributed by atoms with van der Waals surface area (Å²) in [5.41, 5.74) is 4.21. The monoisotopic (exact) mass is 302 g/mol. The van der Waals surface area contributed by atoms with Gasteiger partial charge in [-0.25, -0.2) is 0 Å². The van der Waals surface area contributed by atoms with Crippen molar-refractivity contribution in [1.29, 1.82) is 0 Å². The lowest BCUT2D eigenvalue weighted by atomic mass is 9.79. The van der Waals surface area contributed by atoms with E-state index in [2.05, 4.69) is 55.8 Å². The molecule has 0 nitrogen and oxygen atoms in total. The molecular formula is C14H20BrCl. The molecule has 0 spiro atoms. The van der Waals surface area contributed by atoms with Gasteiger partial charge in [0.05, 0.1) is 0 Å². The maximum Gasteiger partial charge on any atom is 0.0477 e. The first-order chi connectivity index (χ1) is 7.46. The standard InChI is InChI=1S/C14H20BrCl/c1-5-10-7-12(14(3,4)6-2)11(9-16)8-13(10)15/h7-8H,5-6,9H2,1-4H3. The first-order valence-corrected chi connectivity index (χ1v) is 7.16. The van der Waals surface area contributed by atoms with Crippen molar-refractivity contribution < 1.29 is 0 Å². The van der Waals surface area contributed by atoms with Crippen LogP contribution in [0.5, 0.6) is 0 Å². The summed E-state index contributed by atoms with van der Waals surface area (Å²) in [5, 5.41) is 0. The van der Waals surface area contributed by atoms with Crippen LogP contribution in [0.2, 0.25) is 0 Å². The molecule has 0 aliphatic heterocycles. The molecule has 0 amide bonds. The van der Waals surface area contributed by atoms with Crippen LogP contribution in [0.4, 0.5) is 0 Å². The Kier molecular flexibility index (Phi) is 4.88. The molecule has 0 aliphatic rings. The Morgan fingerprint density at radius 3 is 2.25 bits per heavy atom. The predicted molar refractivity (Wildman–Crippen MR) is 76.4 cm³/mol. The van der Waals surface area contributed by atoms with Crippen LogP contribution in [0.15, 0.2) is 16.6 Å². The Morgan fingerprint density at radius 1 is 1.19 bits per heavy atom. The van der Waals surface area contributed by atoms with E-state index in [1.54, 1.807) is 0 Å². The Bertz CT molecular complexity index is 369. The number of hydrogen-bond acceptors (Lipinski definition) is 0. The van der Waals surface area contributed by atoms with E-state index in [4.69, 9.17) is 11.6 Å². The average Bonchev–Trinajstić information content (AvgIpc) is 2.28. The highest BCUT2D eigenvalue weighted by atomic mass is 79.9. The second-order valence-corrected chi connectivity index (χ2v) is 5.95. The molecule has 0 fully saturated rings. The van der Waals surface area contributed by atoms with Crippen LogP contribution < -0.4 is 0 Å². The molecule has 1 aromatic carbocycles. The van der Waals surface area contributed by atoms with E-state index < -0.39 is 0 Å². The third-order valence-electron chi connectivity index (χ3n) is 3.41. The van der Waals surface area contributed by atoms with Gasteiger partial charge < -0.3 is 0 Å². The quantitative estimate of drug-likeness (QED) is 0.650. The molecule has 0 unspecified atom stereocenters. The minimum atomic E-state index is 0.203. The van der Waals surface area contributed by atoms with Crippen LogP contribution in [-0.4, -0.2) is 0 Å². The minimum absolute atomic E-state index is 0.203. The Balaban J connectivity index is 3.36. The summed E-state index contributed by atoms with van der Waals surface area (Å²) < 4.78 is 1.18. The van der Waals surface area contributed by atoms with Gasteiger partial charge in [0, 0.05) is 10.4 Å². The van der Waals surface area contributed by atoms with Crippen LogP contribution >= 0.6 is 27.5 Å². The van der Waals surface area contributed by atoms with Crippen molar-refractivity contribution in [3.05, 3.63) is 33.3 Å². The smallest absolute Gasteiger partial charge is 0.0477 e. The fourth-order valence-electron chi connectivity index (χ4n) is 1.86. The van der Waals surface area contributed by atoms with E-state index in [1.165, 1.54) is 21.2 Å². The maximum absolute atomic E-state index is 6.04. The van der Waals surface area contributed by atoms with Crippen molar-refractivity contribution in [2.75, 3.05) is 0 Å². The van der Waals surface area contributed by atoms with Gasteiger partial charge in [0.25, 0.3) is 0 Å². The van der Waals surface area contributed by atoms with Crippen LogP contribution in [0, 0.1) is 0 Å². The molecule has 0 aromatic heterocycles. The fourth-order valence-corrected chi connectivity index (χ4v) is 2.75. The molecule has 0 N–H and O–H groups in total. The lowest BCUT2D eigenvalue weighted by Crippen LogP contribution is -2.18. The zero-order valence-electron chi connectivity index (χ0n) is 10.5. The highest BCUT2D eigenvalue weighted by molar-refractivity contribution is 9.10. The Hall–Kier alpha value is -0.0100. The van der Waals surface area contributed by atoms with E-state index in [1.807, 2.05) is 0 Å². The van der Waals surface area contributed by atoms with E-state index in [0.29, 0.717) is 5.88 Å². The van der Waals surface area contributed by atoms with E-state index in [-0.39, 0.29) is 5.41 Å². The third kappa shape index (κ3) is 2.81.